The summed E-state index contributed by atoms with van der Waals surface area (Å²) in [5.41, 5.74) is 0. The minimum atomic E-state index is -0.000139. The molecule has 0 aromatic rings. The van der Waals surface area contributed by atoms with Crippen LogP contribution in [-0.4, -0.2) is 13.7 Å². The first-order valence-electron chi connectivity index (χ1n) is 2.34. The van der Waals surface area contributed by atoms with Gasteiger partial charge in [-0.05, 0) is 12.8 Å². The van der Waals surface area contributed by atoms with Gasteiger partial charge in [-0.1, -0.05) is 0 Å². The Labute approximate surface area is 44.1 Å². The number of unbranched alkanes of at least 4 members (excludes halogenated alkanes) is 1. The first-order chi connectivity index (χ1) is 3.41. The van der Waals surface area contributed by atoms with E-state index < -0.39 is 0 Å². The van der Waals surface area contributed by atoms with E-state index in [4.69, 9.17) is 0 Å². The van der Waals surface area contributed by atoms with Crippen molar-refractivity contribution in [2.75, 3.05) is 13.7 Å². The normalized spacial score (nSPS) is 9.43. The second-order valence-corrected chi connectivity index (χ2v) is 1.25. The maximum Gasteiger partial charge on any atom is 0.0833 e. The molecule has 0 aromatic heterocycles. The number of rotatable bonds is 4. The molecule has 0 aliphatic heterocycles. The van der Waals surface area contributed by atoms with Gasteiger partial charge in [-0.3, -0.25) is 0 Å². The summed E-state index contributed by atoms with van der Waals surface area (Å²) in [6.45, 7) is 1.64. The maximum absolute atomic E-state index is 9.73. The number of hydrogen-bond acceptors (Lipinski definition) is 1. The molecule has 7 heavy (non-hydrogen) atoms. The van der Waals surface area contributed by atoms with Crippen LogP contribution in [-0.2, 0) is 9.84 Å². The Morgan fingerprint density at radius 3 is 2.86 bits per heavy atom. The van der Waals surface area contributed by atoms with Crippen molar-refractivity contribution in [1.82, 2.24) is 0 Å². The van der Waals surface area contributed by atoms with Crippen LogP contribution in [0.15, 0.2) is 0 Å². The average molecular weight is 102 g/mol. The fourth-order valence-corrected chi connectivity index (χ4v) is 0.285. The highest BCUT2D eigenvalue weighted by molar-refractivity contribution is 4.46. The molecule has 0 aromatic carbocycles. The molecule has 0 saturated heterocycles. The van der Waals surface area contributed by atoms with E-state index in [0.29, 0.717) is 6.42 Å². The van der Waals surface area contributed by atoms with E-state index in [9.17, 15) is 5.11 Å². The zero-order chi connectivity index (χ0) is 5.54. The lowest BCUT2D eigenvalue weighted by molar-refractivity contribution is 0.178. The Hall–Kier alpha value is -0.0800. The van der Waals surface area contributed by atoms with Gasteiger partial charge in [-0.2, -0.15) is 0 Å². The quantitative estimate of drug-likeness (QED) is 0.487. The van der Waals surface area contributed by atoms with E-state index >= 15 is 0 Å². The summed E-state index contributed by atoms with van der Waals surface area (Å²) in [6, 6.07) is 0. The molecule has 2 radical (unpaired) electrons. The van der Waals surface area contributed by atoms with Crippen molar-refractivity contribution in [3.8, 4) is 0 Å². The van der Waals surface area contributed by atoms with E-state index in [1.807, 2.05) is 0 Å². The summed E-state index contributed by atoms with van der Waals surface area (Å²) in [5.74, 6) is 0. The predicted octanol–water partition coefficient (Wildman–Crippen LogP) is 1.01. The van der Waals surface area contributed by atoms with Gasteiger partial charge >= 0.3 is 0 Å². The third-order valence-corrected chi connectivity index (χ3v) is 0.633. The third-order valence-electron chi connectivity index (χ3n) is 0.633. The first kappa shape index (κ1) is 6.92. The summed E-state index contributed by atoms with van der Waals surface area (Å²) in [6.07, 6.45) is 1.47. The van der Waals surface area contributed by atoms with Crippen molar-refractivity contribution in [1.29, 1.82) is 0 Å². The summed E-state index contributed by atoms with van der Waals surface area (Å²) in [5, 5.41) is 9.73. The van der Waals surface area contributed by atoms with E-state index in [0.717, 1.165) is 6.42 Å². The van der Waals surface area contributed by atoms with Crippen LogP contribution in [0.2, 0.25) is 0 Å². The van der Waals surface area contributed by atoms with Crippen LogP contribution < -0.4 is 0 Å². The number of methoxy groups -OCH3 is 1. The molecule has 0 bridgehead atoms. The molecular formula is C5H10O2. The van der Waals surface area contributed by atoms with Crippen molar-refractivity contribution in [3.05, 3.63) is 6.61 Å². The SMILES string of the molecule is CO[CH]CCC[O]. The number of hydrogen-bond donors (Lipinski definition) is 0. The second kappa shape index (κ2) is 5.92. The van der Waals surface area contributed by atoms with Gasteiger partial charge in [0.05, 0.1) is 13.2 Å². The molecule has 2 nitrogen and oxygen atoms in total. The van der Waals surface area contributed by atoms with Crippen molar-refractivity contribution in [3.63, 3.8) is 0 Å². The third kappa shape index (κ3) is 5.92. The van der Waals surface area contributed by atoms with E-state index in [1.54, 1.807) is 13.7 Å². The molecule has 0 heterocycles. The van der Waals surface area contributed by atoms with Crippen LogP contribution in [0.4, 0.5) is 0 Å². The molecule has 0 fully saturated rings. The topological polar surface area (TPSA) is 29.1 Å². The summed E-state index contributed by atoms with van der Waals surface area (Å²) in [4.78, 5) is 0. The fourth-order valence-electron chi connectivity index (χ4n) is 0.285. The van der Waals surface area contributed by atoms with E-state index in [2.05, 4.69) is 4.74 Å². The van der Waals surface area contributed by atoms with Crippen LogP contribution >= 0.6 is 0 Å². The van der Waals surface area contributed by atoms with Gasteiger partial charge in [0.1, 0.15) is 0 Å². The molecule has 0 atom stereocenters. The maximum atomic E-state index is 9.73. The van der Waals surface area contributed by atoms with Crippen molar-refractivity contribution in [2.45, 2.75) is 12.8 Å². The molecule has 0 amide bonds. The predicted molar refractivity (Wildman–Crippen MR) is 26.1 cm³/mol. The lowest BCUT2D eigenvalue weighted by Gasteiger charge is -1.90. The molecule has 2 heteroatoms. The Bertz CT molecular complexity index is 25.3. The first-order valence-corrected chi connectivity index (χ1v) is 2.34. The van der Waals surface area contributed by atoms with Crippen molar-refractivity contribution < 1.29 is 9.84 Å². The monoisotopic (exact) mass is 102 g/mol. The van der Waals surface area contributed by atoms with Crippen LogP contribution in [0.1, 0.15) is 12.8 Å². The summed E-state index contributed by atoms with van der Waals surface area (Å²) in [7, 11) is 1.59. The fraction of sp³-hybridized carbons (Fsp3) is 0.800. The zero-order valence-electron chi connectivity index (χ0n) is 4.52. The van der Waals surface area contributed by atoms with Gasteiger partial charge in [0, 0.05) is 7.11 Å². The molecule has 0 unspecified atom stereocenters. The van der Waals surface area contributed by atoms with Gasteiger partial charge in [0.15, 0.2) is 0 Å². The largest absolute Gasteiger partial charge is 0.379 e. The Balaban J connectivity index is 2.45. The highest BCUT2D eigenvalue weighted by Crippen LogP contribution is 1.90. The lowest BCUT2D eigenvalue weighted by atomic mass is 10.3. The van der Waals surface area contributed by atoms with Crippen LogP contribution in [0.3, 0.4) is 0 Å². The Morgan fingerprint density at radius 1 is 1.71 bits per heavy atom. The highest BCUT2D eigenvalue weighted by atomic mass is 16.5. The average Bonchev–Trinajstić information content (AvgIpc) is 1.69. The molecule has 0 aliphatic carbocycles. The summed E-state index contributed by atoms with van der Waals surface area (Å²) >= 11 is 0. The molecule has 42 valence electrons. The van der Waals surface area contributed by atoms with Gasteiger partial charge in [-0.25, -0.2) is 5.11 Å². The van der Waals surface area contributed by atoms with Gasteiger partial charge < -0.3 is 4.74 Å². The molecule has 0 spiro atoms. The molecule has 0 rings (SSSR count). The smallest absolute Gasteiger partial charge is 0.0833 e. The number of ether oxygens (including phenoxy) is 1. The van der Waals surface area contributed by atoms with E-state index in [1.165, 1.54) is 0 Å². The molecule has 0 N–H and O–H groups in total. The van der Waals surface area contributed by atoms with Crippen molar-refractivity contribution >= 4 is 0 Å². The standard InChI is InChI=1S/C5H10O2/c1-7-5-3-2-4-6/h5H,2-4H2,1H3. The van der Waals surface area contributed by atoms with Gasteiger partial charge in [0.25, 0.3) is 0 Å². The summed E-state index contributed by atoms with van der Waals surface area (Å²) < 4.78 is 4.58. The van der Waals surface area contributed by atoms with Crippen LogP contribution in [0.25, 0.3) is 0 Å². The van der Waals surface area contributed by atoms with Gasteiger partial charge in [-0.15, -0.1) is 0 Å². The molecule has 0 saturated carbocycles. The van der Waals surface area contributed by atoms with Crippen molar-refractivity contribution in [2.24, 2.45) is 0 Å². The molecular weight excluding hydrogens is 92.1 g/mol. The van der Waals surface area contributed by atoms with Gasteiger partial charge in [0.2, 0.25) is 0 Å². The molecule has 0 aliphatic rings. The highest BCUT2D eigenvalue weighted by Gasteiger charge is 1.82. The Kier molecular flexibility index (Phi) is 5.85. The lowest BCUT2D eigenvalue weighted by Crippen LogP contribution is -1.82. The van der Waals surface area contributed by atoms with Crippen LogP contribution in [0.5, 0.6) is 0 Å². The Morgan fingerprint density at radius 2 is 2.43 bits per heavy atom. The second-order valence-electron chi connectivity index (χ2n) is 1.25. The zero-order valence-corrected chi connectivity index (χ0v) is 4.52. The minimum absolute atomic E-state index is 0.000139. The van der Waals surface area contributed by atoms with Crippen LogP contribution in [0, 0.1) is 6.61 Å². The minimum Gasteiger partial charge on any atom is -0.379 e. The van der Waals surface area contributed by atoms with E-state index in [-0.39, 0.29) is 6.61 Å².